The second kappa shape index (κ2) is 18.6. The van der Waals surface area contributed by atoms with Crippen LogP contribution < -0.4 is 0 Å². The molecule has 4 aromatic carbocycles. The summed E-state index contributed by atoms with van der Waals surface area (Å²) in [6, 6.07) is 32.8. The maximum absolute atomic E-state index is 13.6. The van der Waals surface area contributed by atoms with Gasteiger partial charge in [-0.1, -0.05) is 129 Å². The highest BCUT2D eigenvalue weighted by atomic mass is 35.5. The Balaban J connectivity index is 0.000000270. The fourth-order valence-electron chi connectivity index (χ4n) is 6.65. The number of hydrogen-bond acceptors (Lipinski definition) is 4. The maximum Gasteiger partial charge on any atom is 0.141 e. The van der Waals surface area contributed by atoms with Gasteiger partial charge >= 0.3 is 0 Å². The van der Waals surface area contributed by atoms with Crippen molar-refractivity contribution in [1.29, 1.82) is 0 Å². The summed E-state index contributed by atoms with van der Waals surface area (Å²) in [6.45, 7) is 11.7. The van der Waals surface area contributed by atoms with Gasteiger partial charge in [0.25, 0.3) is 0 Å². The van der Waals surface area contributed by atoms with Gasteiger partial charge in [0.15, 0.2) is 0 Å². The Morgan fingerprint density at radius 1 is 0.720 bits per heavy atom. The Kier molecular flexibility index (Phi) is 15.2. The van der Waals surface area contributed by atoms with Gasteiger partial charge in [-0.05, 0) is 100 Å². The van der Waals surface area contributed by atoms with Crippen LogP contribution in [0.3, 0.4) is 0 Å². The molecule has 4 unspecified atom stereocenters. The first-order valence-electron chi connectivity index (χ1n) is 17.3. The minimum absolute atomic E-state index is 0.0143. The molecular weight excluding hydrogens is 643 g/mol. The highest BCUT2D eigenvalue weighted by Crippen LogP contribution is 2.39. The normalized spacial score (nSPS) is 15.9. The molecule has 6 heteroatoms. The largest absolute Gasteiger partial charge is 0.385 e. The highest BCUT2D eigenvalue weighted by molar-refractivity contribution is 6.30. The molecule has 0 radical (unpaired) electrons. The molecule has 0 aliphatic rings. The number of halogens is 2. The molecule has 4 atom stereocenters. The molecule has 4 nitrogen and oxygen atoms in total. The lowest BCUT2D eigenvalue weighted by Crippen LogP contribution is -2.44. The van der Waals surface area contributed by atoms with Gasteiger partial charge in [-0.2, -0.15) is 0 Å². The number of aliphatic hydroxyl groups is 2. The molecule has 0 fully saturated rings. The first kappa shape index (κ1) is 40.8. The maximum atomic E-state index is 13.6. The lowest BCUT2D eigenvalue weighted by atomic mass is 9.76. The molecule has 0 saturated heterocycles. The van der Waals surface area contributed by atoms with Crippen LogP contribution in [0.5, 0.6) is 0 Å². The summed E-state index contributed by atoms with van der Waals surface area (Å²) < 4.78 is 13.6. The lowest BCUT2D eigenvalue weighted by Gasteiger charge is -2.37. The summed E-state index contributed by atoms with van der Waals surface area (Å²) in [4.78, 5) is 4.17. The minimum Gasteiger partial charge on any atom is -0.385 e. The van der Waals surface area contributed by atoms with Crippen LogP contribution in [0.25, 0.3) is 12.2 Å². The van der Waals surface area contributed by atoms with E-state index in [-0.39, 0.29) is 16.9 Å². The quantitative estimate of drug-likeness (QED) is 0.146. The number of rotatable bonds is 13. The van der Waals surface area contributed by atoms with Crippen molar-refractivity contribution in [1.82, 2.24) is 9.80 Å². The number of hydrogen-bond donors (Lipinski definition) is 2. The first-order chi connectivity index (χ1) is 23.6. The van der Waals surface area contributed by atoms with Crippen molar-refractivity contribution < 1.29 is 14.6 Å². The Morgan fingerprint density at radius 2 is 1.20 bits per heavy atom. The summed E-state index contributed by atoms with van der Waals surface area (Å²) in [5.41, 5.74) is 4.82. The number of benzene rings is 4. The standard InChI is InChI=1S/C23H31NO.C21H25ClFNO/c1-18-11-9-10-14-22(18)16-23(25,20(3)17-24(4)5)19(2)15-21-12-7-6-8-13-21;1-15(12-17-8-6-5-7-9-17)21(25,16(2)14-24(3)4)18-10-11-20(23)19(22)13-18/h6-15,20,25H,16-17H2,1-5H3;5-13,16,25H,14H2,1-4H3. The van der Waals surface area contributed by atoms with E-state index in [2.05, 4.69) is 76.2 Å². The molecule has 0 saturated carbocycles. The number of nitrogens with zero attached hydrogens (tertiary/aromatic N) is 2. The van der Waals surface area contributed by atoms with Crippen LogP contribution in [-0.4, -0.2) is 66.9 Å². The topological polar surface area (TPSA) is 46.9 Å². The monoisotopic (exact) mass is 698 g/mol. The van der Waals surface area contributed by atoms with E-state index in [9.17, 15) is 14.6 Å². The SMILES string of the molecule is CC(=Cc1ccccc1)C(O)(Cc1ccccc1C)C(C)CN(C)C.CC(=Cc1ccccc1)C(O)(c1ccc(F)c(Cl)c1)C(C)CN(C)C. The van der Waals surface area contributed by atoms with E-state index in [0.717, 1.165) is 28.8 Å². The predicted octanol–water partition coefficient (Wildman–Crippen LogP) is 9.54. The summed E-state index contributed by atoms with van der Waals surface area (Å²) in [6.07, 6.45) is 4.71. The van der Waals surface area contributed by atoms with Crippen LogP contribution >= 0.6 is 11.6 Å². The molecule has 4 aromatic rings. The lowest BCUT2D eigenvalue weighted by molar-refractivity contribution is 0.0105. The van der Waals surface area contributed by atoms with Gasteiger partial charge < -0.3 is 20.0 Å². The molecule has 0 spiro atoms. The van der Waals surface area contributed by atoms with Crippen molar-refractivity contribution in [3.63, 3.8) is 0 Å². The third-order valence-electron chi connectivity index (χ3n) is 9.54. The minimum atomic E-state index is -1.25. The zero-order valence-corrected chi connectivity index (χ0v) is 32.0. The zero-order valence-electron chi connectivity index (χ0n) is 31.3. The third-order valence-corrected chi connectivity index (χ3v) is 9.83. The van der Waals surface area contributed by atoms with E-state index in [4.69, 9.17) is 11.6 Å². The van der Waals surface area contributed by atoms with Crippen molar-refractivity contribution in [3.8, 4) is 0 Å². The fraction of sp³-hybridized carbons (Fsp3) is 0.364. The summed E-state index contributed by atoms with van der Waals surface area (Å²) in [7, 11) is 8.04. The predicted molar refractivity (Wildman–Crippen MR) is 211 cm³/mol. The van der Waals surface area contributed by atoms with Crippen LogP contribution in [0.2, 0.25) is 5.02 Å². The van der Waals surface area contributed by atoms with Crippen molar-refractivity contribution in [2.24, 2.45) is 11.8 Å². The van der Waals surface area contributed by atoms with Gasteiger partial charge in [0, 0.05) is 31.3 Å². The molecule has 0 bridgehead atoms. The average Bonchev–Trinajstić information content (AvgIpc) is 3.07. The second-order valence-corrected chi connectivity index (χ2v) is 14.6. The van der Waals surface area contributed by atoms with Gasteiger partial charge in [-0.15, -0.1) is 0 Å². The first-order valence-corrected chi connectivity index (χ1v) is 17.7. The van der Waals surface area contributed by atoms with Crippen LogP contribution in [0.4, 0.5) is 4.39 Å². The molecular formula is C44H56ClFN2O2. The molecule has 2 N–H and O–H groups in total. The molecule has 0 aromatic heterocycles. The summed E-state index contributed by atoms with van der Waals surface area (Å²) >= 11 is 5.98. The molecule has 0 amide bonds. The Bertz CT molecular complexity index is 1710. The van der Waals surface area contributed by atoms with Crippen LogP contribution in [-0.2, 0) is 12.0 Å². The van der Waals surface area contributed by atoms with Crippen LogP contribution in [0, 0.1) is 24.6 Å². The smallest absolute Gasteiger partial charge is 0.141 e. The molecule has 0 aliphatic heterocycles. The molecule has 4 rings (SSSR count). The average molecular weight is 699 g/mol. The van der Waals surface area contributed by atoms with Gasteiger partial charge in [0.05, 0.1) is 10.6 Å². The van der Waals surface area contributed by atoms with Crippen molar-refractivity contribution >= 4 is 23.8 Å². The van der Waals surface area contributed by atoms with Gasteiger partial charge in [0.1, 0.15) is 11.4 Å². The fourth-order valence-corrected chi connectivity index (χ4v) is 6.83. The van der Waals surface area contributed by atoms with E-state index in [1.165, 1.54) is 23.3 Å². The van der Waals surface area contributed by atoms with E-state index in [1.54, 1.807) is 6.07 Å². The van der Waals surface area contributed by atoms with Crippen LogP contribution in [0.15, 0.2) is 114 Å². The second-order valence-electron chi connectivity index (χ2n) is 14.2. The molecule has 0 heterocycles. The van der Waals surface area contributed by atoms with E-state index in [1.807, 2.05) is 93.5 Å². The van der Waals surface area contributed by atoms with Gasteiger partial charge in [-0.3, -0.25) is 0 Å². The highest BCUT2D eigenvalue weighted by Gasteiger charge is 2.38. The summed E-state index contributed by atoms with van der Waals surface area (Å²) in [5, 5.41) is 23.4. The third kappa shape index (κ3) is 11.0. The van der Waals surface area contributed by atoms with Crippen molar-refractivity contribution in [3.05, 3.63) is 153 Å². The number of aryl methyl sites for hydroxylation is 1. The molecule has 268 valence electrons. The van der Waals surface area contributed by atoms with Crippen LogP contribution in [0.1, 0.15) is 55.5 Å². The summed E-state index contributed by atoms with van der Waals surface area (Å²) in [5.74, 6) is -0.497. The Hall–Kier alpha value is -3.58. The Morgan fingerprint density at radius 3 is 1.70 bits per heavy atom. The van der Waals surface area contributed by atoms with E-state index in [0.29, 0.717) is 18.5 Å². The Labute approximate surface area is 305 Å². The van der Waals surface area contributed by atoms with Crippen molar-refractivity contribution in [2.75, 3.05) is 41.3 Å². The van der Waals surface area contributed by atoms with Gasteiger partial charge in [0.2, 0.25) is 0 Å². The van der Waals surface area contributed by atoms with Crippen molar-refractivity contribution in [2.45, 2.75) is 52.2 Å². The zero-order chi connectivity index (χ0) is 37.1. The van der Waals surface area contributed by atoms with E-state index < -0.39 is 17.0 Å². The molecule has 50 heavy (non-hydrogen) atoms. The van der Waals surface area contributed by atoms with E-state index >= 15 is 0 Å². The van der Waals surface area contributed by atoms with Gasteiger partial charge in [-0.25, -0.2) is 4.39 Å². The molecule has 0 aliphatic carbocycles.